The van der Waals surface area contributed by atoms with Gasteiger partial charge >= 0.3 is 0 Å². The van der Waals surface area contributed by atoms with Crippen LogP contribution in [0.3, 0.4) is 0 Å². The SMILES string of the molecule is CC(O)C1CCCN(C(=O)CCc2cccnc2)C1. The van der Waals surface area contributed by atoms with Crippen molar-refractivity contribution in [3.63, 3.8) is 0 Å². The molecule has 0 aliphatic carbocycles. The van der Waals surface area contributed by atoms with Crippen LogP contribution in [0, 0.1) is 5.92 Å². The van der Waals surface area contributed by atoms with E-state index in [9.17, 15) is 9.90 Å². The number of rotatable bonds is 4. The molecule has 2 heterocycles. The topological polar surface area (TPSA) is 53.4 Å². The summed E-state index contributed by atoms with van der Waals surface area (Å²) < 4.78 is 0. The van der Waals surface area contributed by atoms with Crippen LogP contribution in [-0.4, -0.2) is 40.1 Å². The second-order valence-electron chi connectivity index (χ2n) is 5.34. The van der Waals surface area contributed by atoms with Crippen LogP contribution in [0.25, 0.3) is 0 Å². The summed E-state index contributed by atoms with van der Waals surface area (Å²) in [5, 5.41) is 9.64. The molecule has 0 bridgehead atoms. The first-order valence-corrected chi connectivity index (χ1v) is 7.01. The van der Waals surface area contributed by atoms with Crippen LogP contribution < -0.4 is 0 Å². The summed E-state index contributed by atoms with van der Waals surface area (Å²) >= 11 is 0. The zero-order chi connectivity index (χ0) is 13.7. The summed E-state index contributed by atoms with van der Waals surface area (Å²) in [5.74, 6) is 0.422. The van der Waals surface area contributed by atoms with Gasteiger partial charge in [0.05, 0.1) is 6.10 Å². The smallest absolute Gasteiger partial charge is 0.222 e. The molecule has 104 valence electrons. The zero-order valence-corrected chi connectivity index (χ0v) is 11.5. The highest BCUT2D eigenvalue weighted by Crippen LogP contribution is 2.20. The molecule has 1 aromatic rings. The van der Waals surface area contributed by atoms with E-state index in [0.717, 1.165) is 31.4 Å². The lowest BCUT2D eigenvalue weighted by atomic mass is 9.93. The normalized spacial score (nSPS) is 21.2. The van der Waals surface area contributed by atoms with Crippen LogP contribution in [0.2, 0.25) is 0 Å². The average Bonchev–Trinajstić information content (AvgIpc) is 2.46. The van der Waals surface area contributed by atoms with Crippen LogP contribution >= 0.6 is 0 Å². The lowest BCUT2D eigenvalue weighted by Crippen LogP contribution is -2.43. The fourth-order valence-corrected chi connectivity index (χ4v) is 2.59. The Labute approximate surface area is 114 Å². The van der Waals surface area contributed by atoms with Crippen LogP contribution in [0.15, 0.2) is 24.5 Å². The van der Waals surface area contributed by atoms with Crippen molar-refractivity contribution in [3.8, 4) is 0 Å². The molecular formula is C15H22N2O2. The molecule has 1 aliphatic heterocycles. The van der Waals surface area contributed by atoms with Crippen LogP contribution in [0.4, 0.5) is 0 Å². The third-order valence-corrected chi connectivity index (χ3v) is 3.84. The van der Waals surface area contributed by atoms with E-state index in [1.807, 2.05) is 30.2 Å². The van der Waals surface area contributed by atoms with Crippen LogP contribution in [0.5, 0.6) is 0 Å². The second kappa shape index (κ2) is 6.66. The van der Waals surface area contributed by atoms with Crippen molar-refractivity contribution in [2.75, 3.05) is 13.1 Å². The van der Waals surface area contributed by atoms with Crippen molar-refractivity contribution in [3.05, 3.63) is 30.1 Å². The Morgan fingerprint density at radius 1 is 1.63 bits per heavy atom. The van der Waals surface area contributed by atoms with Gasteiger partial charge in [-0.05, 0) is 37.8 Å². The number of aromatic nitrogens is 1. The molecule has 0 saturated carbocycles. The average molecular weight is 262 g/mol. The number of hydrogen-bond acceptors (Lipinski definition) is 3. The molecule has 2 unspecified atom stereocenters. The van der Waals surface area contributed by atoms with Gasteiger partial charge in [-0.1, -0.05) is 6.07 Å². The van der Waals surface area contributed by atoms with E-state index in [-0.39, 0.29) is 17.9 Å². The lowest BCUT2D eigenvalue weighted by molar-refractivity contribution is -0.133. The molecule has 1 aromatic heterocycles. The molecule has 0 spiro atoms. The molecule has 1 saturated heterocycles. The van der Waals surface area contributed by atoms with Gasteiger partial charge in [-0.2, -0.15) is 0 Å². The Kier molecular flexibility index (Phi) is 4.91. The maximum atomic E-state index is 12.2. The predicted molar refractivity (Wildman–Crippen MR) is 73.5 cm³/mol. The second-order valence-corrected chi connectivity index (χ2v) is 5.34. The fourth-order valence-electron chi connectivity index (χ4n) is 2.59. The van der Waals surface area contributed by atoms with E-state index in [2.05, 4.69) is 4.98 Å². The molecule has 1 fully saturated rings. The molecule has 4 nitrogen and oxygen atoms in total. The number of carbonyl (C=O) groups is 1. The van der Waals surface area contributed by atoms with E-state index in [0.29, 0.717) is 13.0 Å². The highest BCUT2D eigenvalue weighted by atomic mass is 16.3. The summed E-state index contributed by atoms with van der Waals surface area (Å²) in [6, 6.07) is 3.89. The van der Waals surface area contributed by atoms with E-state index in [4.69, 9.17) is 0 Å². The Morgan fingerprint density at radius 2 is 2.47 bits per heavy atom. The molecule has 4 heteroatoms. The van der Waals surface area contributed by atoms with Gasteiger partial charge in [0, 0.05) is 37.8 Å². The summed E-state index contributed by atoms with van der Waals surface area (Å²) in [4.78, 5) is 18.1. The summed E-state index contributed by atoms with van der Waals surface area (Å²) in [7, 11) is 0. The number of carbonyl (C=O) groups excluding carboxylic acids is 1. The number of pyridine rings is 1. The maximum absolute atomic E-state index is 12.2. The molecule has 19 heavy (non-hydrogen) atoms. The Bertz CT molecular complexity index is 406. The summed E-state index contributed by atoms with van der Waals surface area (Å²) in [6.07, 6.45) is 6.50. The maximum Gasteiger partial charge on any atom is 0.222 e. The number of nitrogens with zero attached hydrogens (tertiary/aromatic N) is 2. The van der Waals surface area contributed by atoms with Gasteiger partial charge in [-0.3, -0.25) is 9.78 Å². The highest BCUT2D eigenvalue weighted by Gasteiger charge is 2.25. The van der Waals surface area contributed by atoms with Crippen molar-refractivity contribution < 1.29 is 9.90 Å². The number of aryl methyl sites for hydroxylation is 1. The van der Waals surface area contributed by atoms with Crippen LogP contribution in [-0.2, 0) is 11.2 Å². The Hall–Kier alpha value is -1.42. The molecule has 1 aliphatic rings. The molecule has 0 aromatic carbocycles. The van der Waals surface area contributed by atoms with Crippen LogP contribution in [0.1, 0.15) is 31.7 Å². The molecule has 2 rings (SSSR count). The van der Waals surface area contributed by atoms with Crippen molar-refractivity contribution in [1.29, 1.82) is 0 Å². The minimum Gasteiger partial charge on any atom is -0.393 e. The standard InChI is InChI=1S/C15H22N2O2/c1-12(18)14-5-3-9-17(11-14)15(19)7-6-13-4-2-8-16-10-13/h2,4,8,10,12,14,18H,3,5-7,9,11H2,1H3. The van der Waals surface area contributed by atoms with Gasteiger partial charge in [0.2, 0.25) is 5.91 Å². The summed E-state index contributed by atoms with van der Waals surface area (Å²) in [5.41, 5.74) is 1.10. The van der Waals surface area contributed by atoms with Gasteiger partial charge in [-0.15, -0.1) is 0 Å². The van der Waals surface area contributed by atoms with Gasteiger partial charge in [0.1, 0.15) is 0 Å². The van der Waals surface area contributed by atoms with Gasteiger partial charge < -0.3 is 10.0 Å². The first-order valence-electron chi connectivity index (χ1n) is 7.01. The van der Waals surface area contributed by atoms with Crippen molar-refractivity contribution in [2.45, 2.75) is 38.7 Å². The number of piperidine rings is 1. The summed E-state index contributed by atoms with van der Waals surface area (Å²) in [6.45, 7) is 3.34. The zero-order valence-electron chi connectivity index (χ0n) is 11.5. The van der Waals surface area contributed by atoms with E-state index < -0.39 is 0 Å². The van der Waals surface area contributed by atoms with E-state index in [1.165, 1.54) is 0 Å². The lowest BCUT2D eigenvalue weighted by Gasteiger charge is -2.34. The largest absolute Gasteiger partial charge is 0.393 e. The third-order valence-electron chi connectivity index (χ3n) is 3.84. The molecule has 2 atom stereocenters. The molecule has 1 N–H and O–H groups in total. The van der Waals surface area contributed by atoms with Crippen molar-refractivity contribution in [2.24, 2.45) is 5.92 Å². The van der Waals surface area contributed by atoms with Gasteiger partial charge in [-0.25, -0.2) is 0 Å². The number of hydrogen-bond donors (Lipinski definition) is 1. The molecule has 0 radical (unpaired) electrons. The number of amides is 1. The number of aliphatic hydroxyl groups excluding tert-OH is 1. The number of aliphatic hydroxyl groups is 1. The number of likely N-dealkylation sites (tertiary alicyclic amines) is 1. The van der Waals surface area contributed by atoms with E-state index in [1.54, 1.807) is 6.20 Å². The first kappa shape index (κ1) is 14.0. The Morgan fingerprint density at radius 3 is 3.16 bits per heavy atom. The minimum atomic E-state index is -0.325. The monoisotopic (exact) mass is 262 g/mol. The first-order chi connectivity index (χ1) is 9.16. The third kappa shape index (κ3) is 4.03. The minimum absolute atomic E-state index is 0.189. The predicted octanol–water partition coefficient (Wildman–Crippen LogP) is 1.63. The highest BCUT2D eigenvalue weighted by molar-refractivity contribution is 5.76. The van der Waals surface area contributed by atoms with Gasteiger partial charge in [0.15, 0.2) is 0 Å². The Balaban J connectivity index is 1.83. The van der Waals surface area contributed by atoms with Gasteiger partial charge in [0.25, 0.3) is 0 Å². The van der Waals surface area contributed by atoms with E-state index >= 15 is 0 Å². The molecular weight excluding hydrogens is 240 g/mol. The molecule has 1 amide bonds. The van der Waals surface area contributed by atoms with Crippen molar-refractivity contribution in [1.82, 2.24) is 9.88 Å². The van der Waals surface area contributed by atoms with Crippen molar-refractivity contribution >= 4 is 5.91 Å². The quantitative estimate of drug-likeness (QED) is 0.897. The fraction of sp³-hybridized carbons (Fsp3) is 0.600.